The maximum atomic E-state index is 2.50. The molecule has 1 rings (SSSR count). The quantitative estimate of drug-likeness (QED) is 0.739. The summed E-state index contributed by atoms with van der Waals surface area (Å²) in [6.45, 7) is 15.7. The van der Waals surface area contributed by atoms with E-state index in [-0.39, 0.29) is 0 Å². The topological polar surface area (TPSA) is 3.24 Å². The average Bonchev–Trinajstić information content (AvgIpc) is 2.17. The van der Waals surface area contributed by atoms with Crippen LogP contribution in [0.3, 0.4) is 0 Å². The molecular weight excluding hydrogens is 194 g/mol. The van der Waals surface area contributed by atoms with Crippen LogP contribution in [0.5, 0.6) is 0 Å². The molecule has 0 fully saturated rings. The molecule has 1 unspecified atom stereocenters. The highest BCUT2D eigenvalue weighted by Crippen LogP contribution is 2.27. The Hall–Kier alpha value is -0.820. The van der Waals surface area contributed by atoms with Gasteiger partial charge in [0.2, 0.25) is 0 Å². The number of hydrogen-bond acceptors (Lipinski definition) is 1. The van der Waals surface area contributed by atoms with Crippen molar-refractivity contribution in [2.24, 2.45) is 0 Å². The van der Waals surface area contributed by atoms with Gasteiger partial charge in [-0.1, -0.05) is 31.5 Å². The third-order valence-corrected chi connectivity index (χ3v) is 3.52. The Labute approximate surface area is 100 Å². The molecule has 0 aliphatic carbocycles. The van der Waals surface area contributed by atoms with Gasteiger partial charge in [0, 0.05) is 6.04 Å². The van der Waals surface area contributed by atoms with Crippen molar-refractivity contribution in [2.75, 3.05) is 13.1 Å². The molecule has 0 amide bonds. The molecule has 0 saturated carbocycles. The standard InChI is InChI=1S/C15H25N/c1-7-16(8-2)14(6)15-12(4)9-11(3)10-13(15)5/h9-10,14H,7-8H2,1-6H3. The first-order chi connectivity index (χ1) is 7.51. The van der Waals surface area contributed by atoms with Crippen LogP contribution in [0.15, 0.2) is 12.1 Å². The molecule has 0 N–H and O–H groups in total. The summed E-state index contributed by atoms with van der Waals surface area (Å²) in [5.74, 6) is 0. The maximum Gasteiger partial charge on any atom is 0.0324 e. The summed E-state index contributed by atoms with van der Waals surface area (Å²) in [6.07, 6.45) is 0. The van der Waals surface area contributed by atoms with Crippen LogP contribution in [0.4, 0.5) is 0 Å². The predicted octanol–water partition coefficient (Wildman–Crippen LogP) is 4.01. The van der Waals surface area contributed by atoms with Crippen molar-refractivity contribution in [3.8, 4) is 0 Å². The van der Waals surface area contributed by atoms with Crippen LogP contribution in [-0.2, 0) is 0 Å². The first-order valence-corrected chi connectivity index (χ1v) is 6.33. The van der Waals surface area contributed by atoms with Crippen molar-refractivity contribution >= 4 is 0 Å². The molecule has 0 heterocycles. The lowest BCUT2D eigenvalue weighted by atomic mass is 9.94. The van der Waals surface area contributed by atoms with Crippen LogP contribution in [-0.4, -0.2) is 18.0 Å². The van der Waals surface area contributed by atoms with E-state index in [1.54, 1.807) is 0 Å². The van der Waals surface area contributed by atoms with Crippen LogP contribution in [0, 0.1) is 20.8 Å². The third kappa shape index (κ3) is 2.65. The molecule has 0 bridgehead atoms. The third-order valence-electron chi connectivity index (χ3n) is 3.52. The van der Waals surface area contributed by atoms with E-state index in [0.717, 1.165) is 13.1 Å². The van der Waals surface area contributed by atoms with Crippen molar-refractivity contribution in [1.29, 1.82) is 0 Å². The van der Waals surface area contributed by atoms with Crippen molar-refractivity contribution in [3.63, 3.8) is 0 Å². The fourth-order valence-corrected chi connectivity index (χ4v) is 2.80. The molecule has 0 spiro atoms. The summed E-state index contributed by atoms with van der Waals surface area (Å²) in [7, 11) is 0. The van der Waals surface area contributed by atoms with E-state index in [0.29, 0.717) is 6.04 Å². The van der Waals surface area contributed by atoms with Gasteiger partial charge in [0.25, 0.3) is 0 Å². The molecule has 0 aromatic heterocycles. The Balaban J connectivity index is 3.12. The van der Waals surface area contributed by atoms with Gasteiger partial charge in [-0.25, -0.2) is 0 Å². The van der Waals surface area contributed by atoms with E-state index < -0.39 is 0 Å². The Morgan fingerprint density at radius 3 is 1.81 bits per heavy atom. The fraction of sp³-hybridized carbons (Fsp3) is 0.600. The summed E-state index contributed by atoms with van der Waals surface area (Å²) in [4.78, 5) is 2.50. The minimum Gasteiger partial charge on any atom is -0.297 e. The maximum absolute atomic E-state index is 2.50. The Kier molecular flexibility index (Phi) is 4.55. The van der Waals surface area contributed by atoms with Gasteiger partial charge in [-0.05, 0) is 57.5 Å². The molecule has 90 valence electrons. The van der Waals surface area contributed by atoms with Crippen LogP contribution >= 0.6 is 0 Å². The van der Waals surface area contributed by atoms with Gasteiger partial charge in [0.15, 0.2) is 0 Å². The number of benzene rings is 1. The lowest BCUT2D eigenvalue weighted by Crippen LogP contribution is -2.27. The van der Waals surface area contributed by atoms with E-state index >= 15 is 0 Å². The zero-order valence-electron chi connectivity index (χ0n) is 11.6. The zero-order valence-corrected chi connectivity index (χ0v) is 11.6. The molecule has 1 aromatic carbocycles. The number of hydrogen-bond donors (Lipinski definition) is 0. The van der Waals surface area contributed by atoms with Crippen LogP contribution < -0.4 is 0 Å². The van der Waals surface area contributed by atoms with Gasteiger partial charge in [-0.2, -0.15) is 0 Å². The summed E-state index contributed by atoms with van der Waals surface area (Å²) in [6, 6.07) is 5.11. The summed E-state index contributed by atoms with van der Waals surface area (Å²) >= 11 is 0. The van der Waals surface area contributed by atoms with Crippen molar-refractivity contribution in [3.05, 3.63) is 34.4 Å². The average molecular weight is 219 g/mol. The Morgan fingerprint density at radius 2 is 1.44 bits per heavy atom. The molecular formula is C15H25N. The minimum absolute atomic E-state index is 0.524. The van der Waals surface area contributed by atoms with Crippen LogP contribution in [0.2, 0.25) is 0 Å². The van der Waals surface area contributed by atoms with E-state index in [2.05, 4.69) is 58.6 Å². The normalized spacial score (nSPS) is 13.2. The highest BCUT2D eigenvalue weighted by molar-refractivity contribution is 5.39. The van der Waals surface area contributed by atoms with Crippen LogP contribution in [0.1, 0.15) is 49.1 Å². The van der Waals surface area contributed by atoms with Gasteiger partial charge in [-0.15, -0.1) is 0 Å². The second-order valence-corrected chi connectivity index (χ2v) is 4.71. The van der Waals surface area contributed by atoms with Gasteiger partial charge in [0.1, 0.15) is 0 Å². The second kappa shape index (κ2) is 5.49. The lowest BCUT2D eigenvalue weighted by molar-refractivity contribution is 0.233. The molecule has 1 atom stereocenters. The predicted molar refractivity (Wildman–Crippen MR) is 72.0 cm³/mol. The highest BCUT2D eigenvalue weighted by atomic mass is 15.1. The van der Waals surface area contributed by atoms with Gasteiger partial charge in [0.05, 0.1) is 0 Å². The number of aryl methyl sites for hydroxylation is 3. The molecule has 16 heavy (non-hydrogen) atoms. The number of nitrogens with zero attached hydrogens (tertiary/aromatic N) is 1. The van der Waals surface area contributed by atoms with Gasteiger partial charge >= 0.3 is 0 Å². The van der Waals surface area contributed by atoms with Gasteiger partial charge in [-0.3, -0.25) is 4.90 Å². The summed E-state index contributed by atoms with van der Waals surface area (Å²) in [5, 5.41) is 0. The Bertz CT molecular complexity index is 327. The van der Waals surface area contributed by atoms with E-state index in [4.69, 9.17) is 0 Å². The molecule has 0 aliphatic rings. The monoisotopic (exact) mass is 219 g/mol. The first-order valence-electron chi connectivity index (χ1n) is 6.33. The molecule has 1 nitrogen and oxygen atoms in total. The molecule has 0 aliphatic heterocycles. The minimum atomic E-state index is 0.524. The SMILES string of the molecule is CCN(CC)C(C)c1c(C)cc(C)cc1C. The van der Waals surface area contributed by atoms with Gasteiger partial charge < -0.3 is 0 Å². The second-order valence-electron chi connectivity index (χ2n) is 4.71. The molecule has 0 saturated heterocycles. The largest absolute Gasteiger partial charge is 0.297 e. The molecule has 1 aromatic rings. The highest BCUT2D eigenvalue weighted by Gasteiger charge is 2.16. The van der Waals surface area contributed by atoms with Crippen molar-refractivity contribution in [1.82, 2.24) is 4.90 Å². The number of rotatable bonds is 4. The molecule has 0 radical (unpaired) electrons. The smallest absolute Gasteiger partial charge is 0.0324 e. The van der Waals surface area contributed by atoms with E-state index in [1.165, 1.54) is 22.3 Å². The fourth-order valence-electron chi connectivity index (χ4n) is 2.80. The van der Waals surface area contributed by atoms with Crippen LogP contribution in [0.25, 0.3) is 0 Å². The Morgan fingerprint density at radius 1 is 1.00 bits per heavy atom. The lowest BCUT2D eigenvalue weighted by Gasteiger charge is -2.29. The summed E-state index contributed by atoms with van der Waals surface area (Å²) < 4.78 is 0. The molecule has 1 heteroatoms. The first kappa shape index (κ1) is 13.2. The van der Waals surface area contributed by atoms with Crippen molar-refractivity contribution in [2.45, 2.75) is 47.6 Å². The van der Waals surface area contributed by atoms with E-state index in [9.17, 15) is 0 Å². The zero-order chi connectivity index (χ0) is 12.3. The van der Waals surface area contributed by atoms with Crippen molar-refractivity contribution < 1.29 is 0 Å². The van der Waals surface area contributed by atoms with E-state index in [1.807, 2.05) is 0 Å². The summed E-state index contributed by atoms with van der Waals surface area (Å²) in [5.41, 5.74) is 5.73.